The van der Waals surface area contributed by atoms with Gasteiger partial charge in [0.25, 0.3) is 0 Å². The highest BCUT2D eigenvalue weighted by Crippen LogP contribution is 2.28. The van der Waals surface area contributed by atoms with E-state index in [0.29, 0.717) is 6.04 Å². The normalized spacial score (nSPS) is 12.6. The lowest BCUT2D eigenvalue weighted by Gasteiger charge is -2.17. The van der Waals surface area contributed by atoms with Gasteiger partial charge in [-0.15, -0.1) is 0 Å². The lowest BCUT2D eigenvalue weighted by molar-refractivity contribution is 0.313. The fourth-order valence-corrected chi connectivity index (χ4v) is 2.27. The molecule has 2 rings (SSSR count). The van der Waals surface area contributed by atoms with Crippen molar-refractivity contribution in [2.75, 3.05) is 6.61 Å². The van der Waals surface area contributed by atoms with Crippen molar-refractivity contribution in [2.24, 2.45) is 0 Å². The van der Waals surface area contributed by atoms with Gasteiger partial charge >= 0.3 is 0 Å². The Bertz CT molecular complexity index is 550. The van der Waals surface area contributed by atoms with Crippen LogP contribution in [0.2, 0.25) is 0 Å². The van der Waals surface area contributed by atoms with Gasteiger partial charge in [-0.2, -0.15) is 0 Å². The number of nitrogens with one attached hydrogen (secondary N) is 1. The number of hydrogen-bond acceptors (Lipinski definition) is 2. The zero-order valence-electron chi connectivity index (χ0n) is 12.8. The minimum Gasteiger partial charge on any atom is -0.493 e. The molecule has 0 aliphatic rings. The Morgan fingerprint density at radius 2 is 1.90 bits per heavy atom. The highest BCUT2D eigenvalue weighted by atomic mass is 16.5. The van der Waals surface area contributed by atoms with Gasteiger partial charge < -0.3 is 10.1 Å². The van der Waals surface area contributed by atoms with E-state index in [4.69, 9.17) is 4.74 Å². The van der Waals surface area contributed by atoms with Crippen LogP contribution in [0.4, 0.5) is 0 Å². The number of hydrogen-bond donors (Lipinski definition) is 1. The highest BCUT2D eigenvalue weighted by molar-refractivity contribution is 5.87. The summed E-state index contributed by atoms with van der Waals surface area (Å²) in [4.78, 5) is 0. The van der Waals surface area contributed by atoms with E-state index in [-0.39, 0.29) is 0 Å². The maximum absolute atomic E-state index is 5.92. The van der Waals surface area contributed by atoms with Crippen molar-refractivity contribution in [3.63, 3.8) is 0 Å². The van der Waals surface area contributed by atoms with Crippen molar-refractivity contribution < 1.29 is 4.74 Å². The number of benzene rings is 2. The van der Waals surface area contributed by atoms with Crippen LogP contribution in [0.25, 0.3) is 10.8 Å². The van der Waals surface area contributed by atoms with Crippen LogP contribution >= 0.6 is 0 Å². The number of ether oxygens (including phenoxy) is 1. The van der Waals surface area contributed by atoms with Crippen LogP contribution in [0.1, 0.15) is 39.2 Å². The van der Waals surface area contributed by atoms with E-state index in [1.807, 2.05) is 0 Å². The largest absolute Gasteiger partial charge is 0.493 e. The fourth-order valence-electron chi connectivity index (χ4n) is 2.27. The summed E-state index contributed by atoms with van der Waals surface area (Å²) in [6.45, 7) is 8.19. The van der Waals surface area contributed by atoms with Crippen LogP contribution < -0.4 is 10.1 Å². The van der Waals surface area contributed by atoms with Crippen LogP contribution in [0.15, 0.2) is 36.4 Å². The predicted molar refractivity (Wildman–Crippen MR) is 86.3 cm³/mol. The van der Waals surface area contributed by atoms with Crippen LogP contribution in [-0.4, -0.2) is 12.6 Å². The molecule has 2 aromatic rings. The molecule has 0 aliphatic heterocycles. The third kappa shape index (κ3) is 3.51. The lowest BCUT2D eigenvalue weighted by atomic mass is 10.0. The Labute approximate surface area is 122 Å². The summed E-state index contributed by atoms with van der Waals surface area (Å²) in [5.41, 5.74) is 1.27. The quantitative estimate of drug-likeness (QED) is 0.799. The average molecular weight is 271 g/mol. The van der Waals surface area contributed by atoms with Crippen LogP contribution in [0.3, 0.4) is 0 Å². The monoisotopic (exact) mass is 271 g/mol. The summed E-state index contributed by atoms with van der Waals surface area (Å²) in [7, 11) is 0. The maximum Gasteiger partial charge on any atom is 0.124 e. The molecule has 0 aromatic heterocycles. The van der Waals surface area contributed by atoms with E-state index >= 15 is 0 Å². The molecule has 0 heterocycles. The van der Waals surface area contributed by atoms with E-state index < -0.39 is 0 Å². The Kier molecular flexibility index (Phi) is 5.42. The molecule has 0 bridgehead atoms. The Balaban J connectivity index is 2.33. The second-order valence-electron chi connectivity index (χ2n) is 5.30. The second-order valence-corrected chi connectivity index (χ2v) is 5.30. The third-order valence-corrected chi connectivity index (χ3v) is 3.70. The first kappa shape index (κ1) is 14.9. The van der Waals surface area contributed by atoms with E-state index in [1.54, 1.807) is 0 Å². The average Bonchev–Trinajstić information content (AvgIpc) is 2.50. The molecule has 2 nitrogen and oxygen atoms in total. The van der Waals surface area contributed by atoms with Crippen molar-refractivity contribution in [3.05, 3.63) is 42.0 Å². The van der Waals surface area contributed by atoms with Gasteiger partial charge in [0.05, 0.1) is 6.61 Å². The standard InChI is InChI=1S/C18H25NO/c1-4-12-20-18-11-10-15-8-6-7-9-16(15)17(18)13-19-14(3)5-2/h6-11,14,19H,4-5,12-13H2,1-3H3/t14-/m1/s1. The van der Waals surface area contributed by atoms with Gasteiger partial charge in [0.15, 0.2) is 0 Å². The van der Waals surface area contributed by atoms with E-state index in [9.17, 15) is 0 Å². The third-order valence-electron chi connectivity index (χ3n) is 3.70. The SMILES string of the molecule is CCCOc1ccc2ccccc2c1CN[C@H](C)CC. The fraction of sp³-hybridized carbons (Fsp3) is 0.444. The molecule has 20 heavy (non-hydrogen) atoms. The summed E-state index contributed by atoms with van der Waals surface area (Å²) in [6.07, 6.45) is 2.17. The van der Waals surface area contributed by atoms with Gasteiger partial charge in [-0.05, 0) is 36.6 Å². The molecule has 108 valence electrons. The first-order valence-corrected chi connectivity index (χ1v) is 7.63. The zero-order valence-corrected chi connectivity index (χ0v) is 12.8. The van der Waals surface area contributed by atoms with Gasteiger partial charge in [0, 0.05) is 18.2 Å². The van der Waals surface area contributed by atoms with E-state index in [0.717, 1.165) is 31.7 Å². The van der Waals surface area contributed by atoms with Gasteiger partial charge in [-0.3, -0.25) is 0 Å². The molecule has 0 saturated heterocycles. The van der Waals surface area contributed by atoms with Gasteiger partial charge in [0.2, 0.25) is 0 Å². The molecule has 2 aromatic carbocycles. The minimum atomic E-state index is 0.521. The van der Waals surface area contributed by atoms with Crippen molar-refractivity contribution in [1.29, 1.82) is 0 Å². The summed E-state index contributed by atoms with van der Waals surface area (Å²) in [5.74, 6) is 1.02. The van der Waals surface area contributed by atoms with Crippen molar-refractivity contribution in [2.45, 2.75) is 46.2 Å². The molecule has 0 fully saturated rings. The second kappa shape index (κ2) is 7.30. The molecule has 2 heteroatoms. The molecule has 0 aliphatic carbocycles. The first-order chi connectivity index (χ1) is 9.76. The smallest absolute Gasteiger partial charge is 0.124 e. The highest BCUT2D eigenvalue weighted by Gasteiger charge is 2.09. The zero-order chi connectivity index (χ0) is 14.4. The van der Waals surface area contributed by atoms with Crippen LogP contribution in [-0.2, 0) is 6.54 Å². The summed E-state index contributed by atoms with van der Waals surface area (Å²) in [6, 6.07) is 13.3. The Hall–Kier alpha value is -1.54. The number of rotatable bonds is 7. The Morgan fingerprint density at radius 3 is 2.65 bits per heavy atom. The summed E-state index contributed by atoms with van der Waals surface area (Å²) in [5, 5.41) is 6.14. The lowest BCUT2D eigenvalue weighted by Crippen LogP contribution is -2.24. The summed E-state index contributed by atoms with van der Waals surface area (Å²) < 4.78 is 5.92. The van der Waals surface area contributed by atoms with Crippen molar-refractivity contribution in [3.8, 4) is 5.75 Å². The van der Waals surface area contributed by atoms with E-state index in [2.05, 4.69) is 62.5 Å². The summed E-state index contributed by atoms with van der Waals surface area (Å²) >= 11 is 0. The molecule has 1 atom stereocenters. The predicted octanol–water partition coefficient (Wildman–Crippen LogP) is 4.52. The molecule has 0 saturated carbocycles. The molecular weight excluding hydrogens is 246 g/mol. The molecule has 0 spiro atoms. The van der Waals surface area contributed by atoms with Gasteiger partial charge in [-0.1, -0.05) is 44.2 Å². The molecule has 1 N–H and O–H groups in total. The van der Waals surface area contributed by atoms with Crippen molar-refractivity contribution >= 4 is 10.8 Å². The topological polar surface area (TPSA) is 21.3 Å². The molecule has 0 amide bonds. The minimum absolute atomic E-state index is 0.521. The Morgan fingerprint density at radius 1 is 1.10 bits per heavy atom. The number of fused-ring (bicyclic) bond motifs is 1. The van der Waals surface area contributed by atoms with Gasteiger partial charge in [-0.25, -0.2) is 0 Å². The first-order valence-electron chi connectivity index (χ1n) is 7.63. The molecule has 0 unspecified atom stereocenters. The molecule has 0 radical (unpaired) electrons. The van der Waals surface area contributed by atoms with Crippen LogP contribution in [0, 0.1) is 0 Å². The molecular formula is C18H25NO. The maximum atomic E-state index is 5.92. The van der Waals surface area contributed by atoms with Gasteiger partial charge in [0.1, 0.15) is 5.75 Å². The van der Waals surface area contributed by atoms with Crippen molar-refractivity contribution in [1.82, 2.24) is 5.32 Å². The van der Waals surface area contributed by atoms with Crippen LogP contribution in [0.5, 0.6) is 5.75 Å². The van der Waals surface area contributed by atoms with E-state index in [1.165, 1.54) is 16.3 Å².